The van der Waals surface area contributed by atoms with Gasteiger partial charge in [0.15, 0.2) is 11.5 Å². The van der Waals surface area contributed by atoms with Gasteiger partial charge in [0, 0.05) is 22.2 Å². The molecule has 0 saturated carbocycles. The Labute approximate surface area is 203 Å². The van der Waals surface area contributed by atoms with Crippen LogP contribution in [0.2, 0.25) is 0 Å². The summed E-state index contributed by atoms with van der Waals surface area (Å²) in [4.78, 5) is 23.3. The first-order chi connectivity index (χ1) is 16.9. The lowest BCUT2D eigenvalue weighted by molar-refractivity contribution is -0.384. The minimum Gasteiger partial charge on any atom is -0.490 e. The number of hydrogen-bond donors (Lipinski definition) is 1. The van der Waals surface area contributed by atoms with Crippen molar-refractivity contribution in [2.24, 2.45) is 5.10 Å². The fraction of sp³-hybridized carbons (Fsp3) is 0.120. The summed E-state index contributed by atoms with van der Waals surface area (Å²) in [5.74, 6) is 0.304. The standard InChI is InChI=1S/C25H20FN3O5S/c1-2-33-22-11-17(5-9-21(22)34-15-16-3-6-19(26)7-4-16)14-27-28-25(30)24-13-18-12-20(29(31)32)8-10-23(18)35-24/h3-14H,2,15H2,1H3,(H,28,30)/b27-14-. The van der Waals surface area contributed by atoms with Gasteiger partial charge < -0.3 is 9.47 Å². The molecule has 4 rings (SSSR count). The fourth-order valence-corrected chi connectivity index (χ4v) is 4.14. The molecule has 0 bridgehead atoms. The molecule has 0 aliphatic carbocycles. The molecule has 0 spiro atoms. The third kappa shape index (κ3) is 5.98. The Morgan fingerprint density at radius 1 is 1.09 bits per heavy atom. The van der Waals surface area contributed by atoms with Crippen molar-refractivity contribution in [2.75, 3.05) is 6.61 Å². The predicted molar refractivity (Wildman–Crippen MR) is 132 cm³/mol. The van der Waals surface area contributed by atoms with E-state index >= 15 is 0 Å². The molecule has 0 aliphatic heterocycles. The Kier molecular flexibility index (Phi) is 7.32. The summed E-state index contributed by atoms with van der Waals surface area (Å²) >= 11 is 1.22. The molecule has 1 N–H and O–H groups in total. The number of thiophene rings is 1. The SMILES string of the molecule is CCOc1cc(/C=N\NC(=O)c2cc3cc([N+](=O)[O-])ccc3s2)ccc1OCc1ccc(F)cc1. The largest absolute Gasteiger partial charge is 0.490 e. The highest BCUT2D eigenvalue weighted by atomic mass is 32.1. The van der Waals surface area contributed by atoms with Crippen molar-refractivity contribution in [2.45, 2.75) is 13.5 Å². The molecular weight excluding hydrogens is 473 g/mol. The number of fused-ring (bicyclic) bond motifs is 1. The summed E-state index contributed by atoms with van der Waals surface area (Å²) in [5, 5.41) is 15.6. The first kappa shape index (κ1) is 23.8. The van der Waals surface area contributed by atoms with Gasteiger partial charge in [0.2, 0.25) is 0 Å². The maximum atomic E-state index is 13.1. The number of nitrogens with one attached hydrogen (secondary N) is 1. The maximum Gasteiger partial charge on any atom is 0.281 e. The van der Waals surface area contributed by atoms with E-state index in [1.54, 1.807) is 42.5 Å². The number of hydrogen-bond acceptors (Lipinski definition) is 7. The van der Waals surface area contributed by atoms with Gasteiger partial charge >= 0.3 is 0 Å². The molecule has 1 aromatic heterocycles. The average molecular weight is 494 g/mol. The lowest BCUT2D eigenvalue weighted by Gasteiger charge is -2.12. The molecule has 8 nitrogen and oxygen atoms in total. The third-order valence-corrected chi connectivity index (χ3v) is 6.00. The number of nitrogens with zero attached hydrogens (tertiary/aromatic N) is 2. The molecule has 4 aromatic rings. The number of carbonyl (C=O) groups excluding carboxylic acids is 1. The van der Waals surface area contributed by atoms with Crippen LogP contribution in [0.25, 0.3) is 10.1 Å². The Morgan fingerprint density at radius 3 is 2.63 bits per heavy atom. The van der Waals surface area contributed by atoms with Gasteiger partial charge in [-0.25, -0.2) is 9.82 Å². The van der Waals surface area contributed by atoms with Crippen molar-refractivity contribution in [3.05, 3.63) is 98.7 Å². The number of non-ortho nitro benzene ring substituents is 1. The molecular formula is C25H20FN3O5S. The van der Waals surface area contributed by atoms with E-state index in [-0.39, 0.29) is 18.1 Å². The zero-order valence-electron chi connectivity index (χ0n) is 18.6. The number of halogens is 1. The van der Waals surface area contributed by atoms with Crippen LogP contribution in [-0.2, 0) is 6.61 Å². The zero-order valence-corrected chi connectivity index (χ0v) is 19.4. The number of carbonyl (C=O) groups is 1. The highest BCUT2D eigenvalue weighted by Gasteiger charge is 2.13. The minimum atomic E-state index is -0.475. The summed E-state index contributed by atoms with van der Waals surface area (Å²) in [6, 6.07) is 17.3. The molecule has 1 heterocycles. The number of rotatable bonds is 9. The van der Waals surface area contributed by atoms with Crippen molar-refractivity contribution in [1.82, 2.24) is 5.43 Å². The van der Waals surface area contributed by atoms with Crippen molar-refractivity contribution < 1.29 is 23.6 Å². The number of nitro groups is 1. The Hall–Kier alpha value is -4.31. The van der Waals surface area contributed by atoms with Crippen LogP contribution in [0, 0.1) is 15.9 Å². The van der Waals surface area contributed by atoms with Crippen LogP contribution in [0.1, 0.15) is 27.7 Å². The van der Waals surface area contributed by atoms with Gasteiger partial charge in [-0.2, -0.15) is 5.10 Å². The van der Waals surface area contributed by atoms with E-state index in [2.05, 4.69) is 10.5 Å². The van der Waals surface area contributed by atoms with Gasteiger partial charge in [0.1, 0.15) is 12.4 Å². The summed E-state index contributed by atoms with van der Waals surface area (Å²) < 4.78 is 25.3. The second kappa shape index (κ2) is 10.7. The van der Waals surface area contributed by atoms with Crippen molar-refractivity contribution in [1.29, 1.82) is 0 Å². The number of benzene rings is 3. The quantitative estimate of drug-likeness (QED) is 0.183. The molecule has 35 heavy (non-hydrogen) atoms. The van der Waals surface area contributed by atoms with E-state index in [0.717, 1.165) is 10.3 Å². The van der Waals surface area contributed by atoms with Gasteiger partial charge in [-0.1, -0.05) is 12.1 Å². The molecule has 0 unspecified atom stereocenters. The van der Waals surface area contributed by atoms with Crippen LogP contribution in [0.15, 0.2) is 71.8 Å². The van der Waals surface area contributed by atoms with Crippen molar-refractivity contribution >= 4 is 39.2 Å². The van der Waals surface area contributed by atoms with Crippen LogP contribution < -0.4 is 14.9 Å². The molecule has 0 radical (unpaired) electrons. The molecule has 10 heteroatoms. The molecule has 0 atom stereocenters. The van der Waals surface area contributed by atoms with E-state index < -0.39 is 10.8 Å². The van der Waals surface area contributed by atoms with Gasteiger partial charge in [0.25, 0.3) is 11.6 Å². The van der Waals surface area contributed by atoms with Gasteiger partial charge in [0.05, 0.1) is 22.6 Å². The molecule has 1 amide bonds. The molecule has 178 valence electrons. The minimum absolute atomic E-state index is 0.0320. The van der Waals surface area contributed by atoms with Crippen LogP contribution in [-0.4, -0.2) is 23.7 Å². The monoisotopic (exact) mass is 493 g/mol. The summed E-state index contributed by atoms with van der Waals surface area (Å²) in [5.41, 5.74) is 3.93. The van der Waals surface area contributed by atoms with E-state index in [1.807, 2.05) is 6.92 Å². The Balaban J connectivity index is 1.41. The van der Waals surface area contributed by atoms with Gasteiger partial charge in [-0.3, -0.25) is 14.9 Å². The summed E-state index contributed by atoms with van der Waals surface area (Å²) in [7, 11) is 0. The van der Waals surface area contributed by atoms with E-state index in [1.165, 1.54) is 41.8 Å². The van der Waals surface area contributed by atoms with Crippen LogP contribution in [0.5, 0.6) is 11.5 Å². The second-order valence-electron chi connectivity index (χ2n) is 7.34. The Bertz CT molecular complexity index is 1400. The van der Waals surface area contributed by atoms with E-state index in [0.29, 0.717) is 33.9 Å². The normalized spacial score (nSPS) is 11.0. The second-order valence-corrected chi connectivity index (χ2v) is 8.43. The third-order valence-electron chi connectivity index (χ3n) is 4.89. The number of ether oxygens (including phenoxy) is 2. The van der Waals surface area contributed by atoms with Crippen LogP contribution in [0.4, 0.5) is 10.1 Å². The summed E-state index contributed by atoms with van der Waals surface area (Å²) in [6.07, 6.45) is 1.47. The van der Waals surface area contributed by atoms with E-state index in [9.17, 15) is 19.3 Å². The van der Waals surface area contributed by atoms with E-state index in [4.69, 9.17) is 9.47 Å². The highest BCUT2D eigenvalue weighted by molar-refractivity contribution is 7.20. The van der Waals surface area contributed by atoms with Crippen LogP contribution >= 0.6 is 11.3 Å². The summed E-state index contributed by atoms with van der Waals surface area (Å²) in [6.45, 7) is 2.53. The fourth-order valence-electron chi connectivity index (χ4n) is 3.21. The first-order valence-corrected chi connectivity index (χ1v) is 11.4. The zero-order chi connectivity index (χ0) is 24.8. The lowest BCUT2D eigenvalue weighted by atomic mass is 10.2. The van der Waals surface area contributed by atoms with Crippen molar-refractivity contribution in [3.63, 3.8) is 0 Å². The van der Waals surface area contributed by atoms with Gasteiger partial charge in [-0.15, -0.1) is 11.3 Å². The Morgan fingerprint density at radius 2 is 1.89 bits per heavy atom. The molecule has 0 saturated heterocycles. The van der Waals surface area contributed by atoms with Crippen molar-refractivity contribution in [3.8, 4) is 11.5 Å². The number of hydrazone groups is 1. The predicted octanol–water partition coefficient (Wildman–Crippen LogP) is 5.69. The molecule has 3 aromatic carbocycles. The molecule has 0 fully saturated rings. The first-order valence-electron chi connectivity index (χ1n) is 10.6. The smallest absolute Gasteiger partial charge is 0.281 e. The highest BCUT2D eigenvalue weighted by Crippen LogP contribution is 2.30. The maximum absolute atomic E-state index is 13.1. The number of nitro benzene ring substituents is 1. The van der Waals surface area contributed by atoms with Crippen LogP contribution in [0.3, 0.4) is 0 Å². The average Bonchev–Trinajstić information content (AvgIpc) is 3.28. The lowest BCUT2D eigenvalue weighted by Crippen LogP contribution is -2.16. The topological polar surface area (TPSA) is 103 Å². The van der Waals surface area contributed by atoms with Gasteiger partial charge in [-0.05, 0) is 60.5 Å². The molecule has 0 aliphatic rings. The number of amides is 1.